The number of nitrogens with one attached hydrogen (secondary N) is 1. The van der Waals surface area contributed by atoms with Crippen molar-refractivity contribution in [2.24, 2.45) is 0 Å². The number of nitrogens with zero attached hydrogens (tertiary/aromatic N) is 1. The monoisotopic (exact) mass is 494 g/mol. The fraction of sp³-hybridized carbons (Fsp3) is 0.158. The van der Waals surface area contributed by atoms with Gasteiger partial charge in [-0.15, -0.1) is 0 Å². The van der Waals surface area contributed by atoms with Crippen molar-refractivity contribution in [2.45, 2.75) is 0 Å². The standard InChI is InChI=1S/C19H16Br2N2O4/c1-25-15-6-5-11(8-16(15)26-2)23-17(24)10-27-19-14(21)9-13(20)12-4-3-7-22-18(12)19/h3-9H,10H2,1-2H3,(H,23,24). The Hall–Kier alpha value is -2.32. The number of rotatable bonds is 6. The van der Waals surface area contributed by atoms with Crippen molar-refractivity contribution in [3.8, 4) is 17.2 Å². The molecule has 1 aromatic heterocycles. The number of benzene rings is 2. The lowest BCUT2D eigenvalue weighted by atomic mass is 10.2. The number of carbonyl (C=O) groups is 1. The van der Waals surface area contributed by atoms with E-state index in [2.05, 4.69) is 42.2 Å². The summed E-state index contributed by atoms with van der Waals surface area (Å²) in [6.45, 7) is -0.166. The molecule has 6 nitrogen and oxygen atoms in total. The molecule has 0 unspecified atom stereocenters. The van der Waals surface area contributed by atoms with Gasteiger partial charge in [0.1, 0.15) is 5.52 Å². The maximum atomic E-state index is 12.3. The Balaban J connectivity index is 1.74. The minimum Gasteiger partial charge on any atom is -0.493 e. The number of methoxy groups -OCH3 is 2. The molecule has 1 amide bonds. The first-order valence-corrected chi connectivity index (χ1v) is 9.49. The predicted octanol–water partition coefficient (Wildman–Crippen LogP) is 4.79. The number of pyridine rings is 1. The third-order valence-corrected chi connectivity index (χ3v) is 5.01. The lowest BCUT2D eigenvalue weighted by Crippen LogP contribution is -2.20. The van der Waals surface area contributed by atoms with Crippen LogP contribution in [0.25, 0.3) is 10.9 Å². The summed E-state index contributed by atoms with van der Waals surface area (Å²) in [7, 11) is 3.09. The van der Waals surface area contributed by atoms with Gasteiger partial charge in [0, 0.05) is 27.8 Å². The SMILES string of the molecule is COc1ccc(NC(=O)COc2c(Br)cc(Br)c3cccnc23)cc1OC. The molecule has 0 fully saturated rings. The zero-order chi connectivity index (χ0) is 19.4. The molecule has 27 heavy (non-hydrogen) atoms. The normalized spacial score (nSPS) is 10.5. The average molecular weight is 496 g/mol. The largest absolute Gasteiger partial charge is 0.493 e. The fourth-order valence-electron chi connectivity index (χ4n) is 2.53. The maximum absolute atomic E-state index is 12.3. The van der Waals surface area contributed by atoms with Gasteiger partial charge in [0.15, 0.2) is 23.9 Å². The minimum absolute atomic E-state index is 0.166. The molecule has 0 spiro atoms. The third-order valence-electron chi connectivity index (χ3n) is 3.77. The van der Waals surface area contributed by atoms with Gasteiger partial charge in [-0.05, 0) is 40.2 Å². The Morgan fingerprint density at radius 1 is 1.07 bits per heavy atom. The van der Waals surface area contributed by atoms with Gasteiger partial charge in [-0.3, -0.25) is 9.78 Å². The number of anilines is 1. The second kappa shape index (κ2) is 8.58. The first kappa shape index (κ1) is 19.4. The van der Waals surface area contributed by atoms with E-state index >= 15 is 0 Å². The summed E-state index contributed by atoms with van der Waals surface area (Å²) < 4.78 is 17.8. The van der Waals surface area contributed by atoms with E-state index in [-0.39, 0.29) is 12.5 Å². The van der Waals surface area contributed by atoms with E-state index in [9.17, 15) is 4.79 Å². The van der Waals surface area contributed by atoms with E-state index in [0.29, 0.717) is 32.9 Å². The van der Waals surface area contributed by atoms with Gasteiger partial charge in [-0.2, -0.15) is 0 Å². The van der Waals surface area contributed by atoms with Gasteiger partial charge in [-0.1, -0.05) is 22.0 Å². The van der Waals surface area contributed by atoms with Gasteiger partial charge < -0.3 is 19.5 Å². The molecule has 3 aromatic rings. The van der Waals surface area contributed by atoms with E-state index in [0.717, 1.165) is 9.86 Å². The Morgan fingerprint density at radius 3 is 2.59 bits per heavy atom. The number of hydrogen-bond acceptors (Lipinski definition) is 5. The van der Waals surface area contributed by atoms with Crippen LogP contribution in [0.5, 0.6) is 17.2 Å². The number of hydrogen-bond donors (Lipinski definition) is 1. The van der Waals surface area contributed by atoms with Crippen LogP contribution in [0.1, 0.15) is 0 Å². The minimum atomic E-state index is -0.305. The molecule has 2 aromatic carbocycles. The summed E-state index contributed by atoms with van der Waals surface area (Å²) in [5.41, 5.74) is 1.25. The second-order valence-corrected chi connectivity index (χ2v) is 7.18. The molecule has 3 rings (SSSR count). The Morgan fingerprint density at radius 2 is 1.85 bits per heavy atom. The summed E-state index contributed by atoms with van der Waals surface area (Å²) in [5.74, 6) is 1.32. The highest BCUT2D eigenvalue weighted by Crippen LogP contribution is 2.37. The molecule has 8 heteroatoms. The summed E-state index contributed by atoms with van der Waals surface area (Å²) in [4.78, 5) is 16.7. The van der Waals surface area contributed by atoms with Crippen LogP contribution >= 0.6 is 31.9 Å². The van der Waals surface area contributed by atoms with Gasteiger partial charge in [0.25, 0.3) is 5.91 Å². The zero-order valence-corrected chi connectivity index (χ0v) is 17.8. The van der Waals surface area contributed by atoms with Crippen LogP contribution in [0.4, 0.5) is 5.69 Å². The fourth-order valence-corrected chi connectivity index (χ4v) is 3.92. The van der Waals surface area contributed by atoms with E-state index in [1.165, 1.54) is 7.11 Å². The maximum Gasteiger partial charge on any atom is 0.262 e. The average Bonchev–Trinajstić information content (AvgIpc) is 2.67. The topological polar surface area (TPSA) is 69.7 Å². The molecular formula is C19H16Br2N2O4. The van der Waals surface area contributed by atoms with Gasteiger partial charge in [-0.25, -0.2) is 0 Å². The van der Waals surface area contributed by atoms with Crippen LogP contribution in [-0.2, 0) is 4.79 Å². The second-order valence-electron chi connectivity index (χ2n) is 5.48. The van der Waals surface area contributed by atoms with E-state index in [4.69, 9.17) is 14.2 Å². The molecule has 0 radical (unpaired) electrons. The van der Waals surface area contributed by atoms with Crippen LogP contribution in [0.3, 0.4) is 0 Å². The number of halogens is 2. The molecule has 0 saturated heterocycles. The summed E-state index contributed by atoms with van der Waals surface area (Å²) in [6.07, 6.45) is 1.68. The molecule has 0 saturated carbocycles. The van der Waals surface area contributed by atoms with Crippen molar-refractivity contribution in [1.82, 2.24) is 4.98 Å². The molecule has 1 N–H and O–H groups in total. The predicted molar refractivity (Wildman–Crippen MR) is 111 cm³/mol. The van der Waals surface area contributed by atoms with Crippen LogP contribution in [0, 0.1) is 0 Å². The lowest BCUT2D eigenvalue weighted by molar-refractivity contribution is -0.118. The Bertz CT molecular complexity index is 995. The van der Waals surface area contributed by atoms with Crippen molar-refractivity contribution >= 4 is 54.4 Å². The highest BCUT2D eigenvalue weighted by atomic mass is 79.9. The number of amides is 1. The summed E-state index contributed by atoms with van der Waals surface area (Å²) >= 11 is 6.97. The molecule has 0 atom stereocenters. The smallest absolute Gasteiger partial charge is 0.262 e. The molecule has 0 aliphatic heterocycles. The number of carbonyl (C=O) groups excluding carboxylic acids is 1. The van der Waals surface area contributed by atoms with Crippen molar-refractivity contribution < 1.29 is 19.0 Å². The van der Waals surface area contributed by atoms with Crippen LogP contribution in [-0.4, -0.2) is 31.7 Å². The number of ether oxygens (including phenoxy) is 3. The number of fused-ring (bicyclic) bond motifs is 1. The van der Waals surface area contributed by atoms with Crippen molar-refractivity contribution in [2.75, 3.05) is 26.1 Å². The molecular weight excluding hydrogens is 480 g/mol. The van der Waals surface area contributed by atoms with E-state index < -0.39 is 0 Å². The van der Waals surface area contributed by atoms with E-state index in [1.54, 1.807) is 31.5 Å². The molecule has 0 bridgehead atoms. The van der Waals surface area contributed by atoms with Gasteiger partial charge in [0.2, 0.25) is 0 Å². The van der Waals surface area contributed by atoms with Crippen LogP contribution < -0.4 is 19.5 Å². The highest BCUT2D eigenvalue weighted by molar-refractivity contribution is 9.11. The van der Waals surface area contributed by atoms with Crippen LogP contribution in [0.2, 0.25) is 0 Å². The first-order chi connectivity index (χ1) is 13.0. The molecule has 0 aliphatic carbocycles. The highest BCUT2D eigenvalue weighted by Gasteiger charge is 2.14. The summed E-state index contributed by atoms with van der Waals surface area (Å²) in [5, 5.41) is 3.67. The van der Waals surface area contributed by atoms with Gasteiger partial charge in [0.05, 0.1) is 18.7 Å². The van der Waals surface area contributed by atoms with Crippen molar-refractivity contribution in [3.63, 3.8) is 0 Å². The van der Waals surface area contributed by atoms with Gasteiger partial charge >= 0.3 is 0 Å². The quantitative estimate of drug-likeness (QED) is 0.532. The summed E-state index contributed by atoms with van der Waals surface area (Å²) in [6, 6.07) is 10.8. The van der Waals surface area contributed by atoms with Crippen LogP contribution in [0.15, 0.2) is 51.5 Å². The molecule has 1 heterocycles. The lowest BCUT2D eigenvalue weighted by Gasteiger charge is -2.13. The molecule has 140 valence electrons. The first-order valence-electron chi connectivity index (χ1n) is 7.91. The van der Waals surface area contributed by atoms with Crippen molar-refractivity contribution in [1.29, 1.82) is 0 Å². The third kappa shape index (κ3) is 4.33. The zero-order valence-electron chi connectivity index (χ0n) is 14.6. The molecule has 0 aliphatic rings. The Labute approximate surface area is 173 Å². The number of aromatic nitrogens is 1. The van der Waals surface area contributed by atoms with Crippen molar-refractivity contribution in [3.05, 3.63) is 51.5 Å². The van der Waals surface area contributed by atoms with E-state index in [1.807, 2.05) is 18.2 Å². The Kier molecular flexibility index (Phi) is 6.18.